The summed E-state index contributed by atoms with van der Waals surface area (Å²) in [6.45, 7) is 12.1. The van der Waals surface area contributed by atoms with Gasteiger partial charge < -0.3 is 10.1 Å². The van der Waals surface area contributed by atoms with Gasteiger partial charge in [0.1, 0.15) is 0 Å². The van der Waals surface area contributed by atoms with Gasteiger partial charge in [0.25, 0.3) is 0 Å². The SMILES string of the molecule is CCCOCCN1CC2(CCCC2)NCC1(C)CC. The minimum Gasteiger partial charge on any atom is -0.380 e. The van der Waals surface area contributed by atoms with E-state index in [4.69, 9.17) is 4.74 Å². The predicted octanol–water partition coefficient (Wildman–Crippen LogP) is 2.80. The Morgan fingerprint density at radius 2 is 1.89 bits per heavy atom. The van der Waals surface area contributed by atoms with Crippen LogP contribution < -0.4 is 5.32 Å². The average Bonchev–Trinajstić information content (AvgIpc) is 2.88. The third kappa shape index (κ3) is 3.50. The molecule has 19 heavy (non-hydrogen) atoms. The van der Waals surface area contributed by atoms with Crippen molar-refractivity contribution in [3.05, 3.63) is 0 Å². The van der Waals surface area contributed by atoms with Gasteiger partial charge in [-0.25, -0.2) is 0 Å². The van der Waals surface area contributed by atoms with E-state index in [2.05, 4.69) is 31.0 Å². The maximum Gasteiger partial charge on any atom is 0.0593 e. The Bertz CT molecular complexity index is 276. The summed E-state index contributed by atoms with van der Waals surface area (Å²) < 4.78 is 5.71. The molecule has 0 bridgehead atoms. The first-order valence-electron chi connectivity index (χ1n) is 8.22. The number of hydrogen-bond donors (Lipinski definition) is 1. The quantitative estimate of drug-likeness (QED) is 0.750. The number of piperazine rings is 1. The van der Waals surface area contributed by atoms with Crippen LogP contribution in [0.2, 0.25) is 0 Å². The second kappa shape index (κ2) is 6.55. The van der Waals surface area contributed by atoms with Crippen LogP contribution in [-0.4, -0.2) is 48.8 Å². The van der Waals surface area contributed by atoms with Gasteiger partial charge in [-0.1, -0.05) is 26.7 Å². The van der Waals surface area contributed by atoms with Crippen molar-refractivity contribution in [3.8, 4) is 0 Å². The number of nitrogens with zero attached hydrogens (tertiary/aromatic N) is 1. The van der Waals surface area contributed by atoms with Crippen LogP contribution in [0.1, 0.15) is 59.3 Å². The molecule has 0 aromatic heterocycles. The van der Waals surface area contributed by atoms with Gasteiger partial charge in [0.05, 0.1) is 6.61 Å². The predicted molar refractivity (Wildman–Crippen MR) is 80.6 cm³/mol. The molecule has 1 aliphatic heterocycles. The van der Waals surface area contributed by atoms with Gasteiger partial charge in [0, 0.05) is 37.3 Å². The summed E-state index contributed by atoms with van der Waals surface area (Å²) in [7, 11) is 0. The average molecular weight is 268 g/mol. The molecule has 2 aliphatic rings. The zero-order valence-electron chi connectivity index (χ0n) is 13.1. The third-order valence-corrected chi connectivity index (χ3v) is 5.28. The van der Waals surface area contributed by atoms with Gasteiger partial charge in [0.2, 0.25) is 0 Å². The zero-order chi connectivity index (χ0) is 13.8. The van der Waals surface area contributed by atoms with Gasteiger partial charge in [-0.15, -0.1) is 0 Å². The van der Waals surface area contributed by atoms with Crippen molar-refractivity contribution in [1.29, 1.82) is 0 Å². The van der Waals surface area contributed by atoms with Crippen LogP contribution in [-0.2, 0) is 4.74 Å². The minimum absolute atomic E-state index is 0.309. The van der Waals surface area contributed by atoms with Crippen LogP contribution in [0.5, 0.6) is 0 Å². The van der Waals surface area contributed by atoms with E-state index < -0.39 is 0 Å². The first-order valence-corrected chi connectivity index (χ1v) is 8.22. The van der Waals surface area contributed by atoms with Crippen LogP contribution in [0.4, 0.5) is 0 Å². The summed E-state index contributed by atoms with van der Waals surface area (Å²) >= 11 is 0. The Balaban J connectivity index is 1.93. The molecule has 0 aromatic carbocycles. The van der Waals surface area contributed by atoms with E-state index >= 15 is 0 Å². The molecule has 2 rings (SSSR count). The van der Waals surface area contributed by atoms with Crippen molar-refractivity contribution in [2.45, 2.75) is 70.4 Å². The van der Waals surface area contributed by atoms with Gasteiger partial charge in [0.15, 0.2) is 0 Å². The van der Waals surface area contributed by atoms with Gasteiger partial charge >= 0.3 is 0 Å². The lowest BCUT2D eigenvalue weighted by atomic mass is 9.85. The normalized spacial score (nSPS) is 31.1. The third-order valence-electron chi connectivity index (χ3n) is 5.28. The molecule has 1 N–H and O–H groups in total. The molecule has 1 saturated heterocycles. The van der Waals surface area contributed by atoms with Crippen LogP contribution in [0.25, 0.3) is 0 Å². The molecule has 1 atom stereocenters. The molecule has 0 amide bonds. The van der Waals surface area contributed by atoms with Crippen molar-refractivity contribution in [3.63, 3.8) is 0 Å². The molecular weight excluding hydrogens is 236 g/mol. The van der Waals surface area contributed by atoms with E-state index in [1.54, 1.807) is 0 Å². The van der Waals surface area contributed by atoms with Crippen molar-refractivity contribution in [1.82, 2.24) is 10.2 Å². The number of ether oxygens (including phenoxy) is 1. The monoisotopic (exact) mass is 268 g/mol. The van der Waals surface area contributed by atoms with Crippen molar-refractivity contribution < 1.29 is 4.74 Å². The summed E-state index contributed by atoms with van der Waals surface area (Å²) in [6, 6.07) is 0. The Morgan fingerprint density at radius 1 is 1.16 bits per heavy atom. The van der Waals surface area contributed by atoms with E-state index in [-0.39, 0.29) is 0 Å². The summed E-state index contributed by atoms with van der Waals surface area (Å²) in [4.78, 5) is 2.70. The molecule has 3 nitrogen and oxygen atoms in total. The molecule has 1 heterocycles. The van der Waals surface area contributed by atoms with Gasteiger partial charge in [-0.2, -0.15) is 0 Å². The fourth-order valence-corrected chi connectivity index (χ4v) is 3.61. The van der Waals surface area contributed by atoms with E-state index in [1.807, 2.05) is 0 Å². The maximum atomic E-state index is 5.71. The molecule has 3 heteroatoms. The van der Waals surface area contributed by atoms with Crippen molar-refractivity contribution in [2.24, 2.45) is 0 Å². The van der Waals surface area contributed by atoms with Crippen LogP contribution >= 0.6 is 0 Å². The molecule has 1 unspecified atom stereocenters. The van der Waals surface area contributed by atoms with Gasteiger partial charge in [-0.3, -0.25) is 4.90 Å². The summed E-state index contributed by atoms with van der Waals surface area (Å²) in [5.74, 6) is 0. The largest absolute Gasteiger partial charge is 0.380 e. The maximum absolute atomic E-state index is 5.71. The van der Waals surface area contributed by atoms with E-state index in [0.29, 0.717) is 11.1 Å². The van der Waals surface area contributed by atoms with Crippen LogP contribution in [0, 0.1) is 0 Å². The van der Waals surface area contributed by atoms with Crippen LogP contribution in [0.3, 0.4) is 0 Å². The second-order valence-corrected chi connectivity index (χ2v) is 6.73. The molecule has 2 fully saturated rings. The molecule has 1 aliphatic carbocycles. The van der Waals surface area contributed by atoms with Gasteiger partial charge in [-0.05, 0) is 32.6 Å². The highest BCUT2D eigenvalue weighted by molar-refractivity contribution is 5.05. The molecule has 1 saturated carbocycles. The summed E-state index contributed by atoms with van der Waals surface area (Å²) in [6.07, 6.45) is 7.85. The molecule has 112 valence electrons. The highest BCUT2D eigenvalue weighted by Crippen LogP contribution is 2.36. The lowest BCUT2D eigenvalue weighted by Gasteiger charge is -2.52. The Hall–Kier alpha value is -0.120. The fraction of sp³-hybridized carbons (Fsp3) is 1.00. The van der Waals surface area contributed by atoms with E-state index in [0.717, 1.165) is 32.7 Å². The highest BCUT2D eigenvalue weighted by Gasteiger charge is 2.45. The number of nitrogens with one attached hydrogen (secondary N) is 1. The lowest BCUT2D eigenvalue weighted by molar-refractivity contribution is -0.00770. The molecular formula is C16H32N2O. The lowest BCUT2D eigenvalue weighted by Crippen LogP contribution is -2.68. The van der Waals surface area contributed by atoms with Crippen molar-refractivity contribution in [2.75, 3.05) is 32.8 Å². The number of hydrogen-bond acceptors (Lipinski definition) is 3. The minimum atomic E-state index is 0.309. The van der Waals surface area contributed by atoms with E-state index in [9.17, 15) is 0 Å². The summed E-state index contributed by atoms with van der Waals surface area (Å²) in [5, 5.41) is 3.89. The second-order valence-electron chi connectivity index (χ2n) is 6.73. The highest BCUT2D eigenvalue weighted by atomic mass is 16.5. The summed E-state index contributed by atoms with van der Waals surface area (Å²) in [5.41, 5.74) is 0.725. The Kier molecular flexibility index (Phi) is 5.27. The van der Waals surface area contributed by atoms with Crippen molar-refractivity contribution >= 4 is 0 Å². The van der Waals surface area contributed by atoms with E-state index in [1.165, 1.54) is 38.6 Å². The zero-order valence-corrected chi connectivity index (χ0v) is 13.1. The first-order chi connectivity index (χ1) is 9.14. The number of rotatable bonds is 6. The molecule has 1 spiro atoms. The van der Waals surface area contributed by atoms with Crippen LogP contribution in [0.15, 0.2) is 0 Å². The molecule has 0 radical (unpaired) electrons. The smallest absolute Gasteiger partial charge is 0.0593 e. The molecule has 0 aromatic rings. The standard InChI is InChI=1S/C16H32N2O/c1-4-11-19-12-10-18-14-16(8-6-7-9-16)17-13-15(18,3)5-2/h17H,4-14H2,1-3H3. The fourth-order valence-electron chi connectivity index (χ4n) is 3.61. The Labute approximate surface area is 119 Å². The Morgan fingerprint density at radius 3 is 2.53 bits per heavy atom. The topological polar surface area (TPSA) is 24.5 Å². The first kappa shape index (κ1) is 15.3.